The van der Waals surface area contributed by atoms with Crippen LogP contribution in [-0.4, -0.2) is 39.9 Å². The summed E-state index contributed by atoms with van der Waals surface area (Å²) in [6, 6.07) is 73.0. The largest absolute Gasteiger partial charge is 0.308 e. The Kier molecular flexibility index (Phi) is 13.3. The summed E-state index contributed by atoms with van der Waals surface area (Å²) in [5.41, 5.74) is 25.6. The van der Waals surface area contributed by atoms with Gasteiger partial charge in [0.25, 0.3) is 0 Å². The van der Waals surface area contributed by atoms with Gasteiger partial charge in [0, 0.05) is 102 Å². The second kappa shape index (κ2) is 22.1. The van der Waals surface area contributed by atoms with Crippen LogP contribution < -0.4 is 19.6 Å². The van der Waals surface area contributed by atoms with E-state index in [2.05, 4.69) is 257 Å². The van der Waals surface area contributed by atoms with Gasteiger partial charge < -0.3 is 19.6 Å². The first-order valence-corrected chi connectivity index (χ1v) is 31.1. The maximum Gasteiger partial charge on any atom is 0.0936 e. The number of hydrogen-bond donors (Lipinski definition) is 0. The SMILES string of the molecule is Cc1nc2cccnc2c(C)c1N(c1ccccc1)c1cc(N(c2ccccc2)c2c(C)nc3cccnc3c2C)c2ccc3c(N(c4ccccc4)c4c(C)nc5cccnc5c4C)cc(N(c4ccccc4)c4c(C)nc5cccnc5c4C)c4ccc1c2c43. The number of hydrogen-bond acceptors (Lipinski definition) is 12. The Morgan fingerprint density at radius 2 is 0.457 bits per heavy atom. The third-order valence-electron chi connectivity index (χ3n) is 18.2. The highest BCUT2D eigenvalue weighted by molar-refractivity contribution is 6.33. The summed E-state index contributed by atoms with van der Waals surface area (Å²) in [6.07, 6.45) is 7.44. The molecule has 0 saturated carbocycles. The summed E-state index contributed by atoms with van der Waals surface area (Å²) in [4.78, 5) is 51.2. The molecular formula is C80H62N12. The van der Waals surface area contributed by atoms with Gasteiger partial charge in [-0.15, -0.1) is 0 Å². The first-order valence-electron chi connectivity index (χ1n) is 31.1. The molecule has 0 aliphatic carbocycles. The first-order chi connectivity index (χ1) is 45.0. The zero-order valence-corrected chi connectivity index (χ0v) is 52.3. The molecule has 8 heterocycles. The Labute approximate surface area is 532 Å². The van der Waals surface area contributed by atoms with Gasteiger partial charge in [0.15, 0.2) is 0 Å². The highest BCUT2D eigenvalue weighted by atomic mass is 15.2. The number of para-hydroxylation sites is 4. The number of rotatable bonds is 12. The summed E-state index contributed by atoms with van der Waals surface area (Å²) >= 11 is 0. The van der Waals surface area contributed by atoms with Crippen LogP contribution in [0.25, 0.3) is 76.5 Å². The van der Waals surface area contributed by atoms with E-state index in [1.165, 1.54) is 0 Å². The molecular weight excluding hydrogens is 1130 g/mol. The lowest BCUT2D eigenvalue weighted by molar-refractivity contribution is 1.14. The molecule has 0 aliphatic rings. The van der Waals surface area contributed by atoms with Crippen LogP contribution in [0.1, 0.15) is 45.0 Å². The van der Waals surface area contributed by atoms with Gasteiger partial charge in [-0.25, -0.2) is 19.9 Å². The molecule has 8 aromatic heterocycles. The third kappa shape index (κ3) is 8.81. The van der Waals surface area contributed by atoms with Crippen LogP contribution in [0.2, 0.25) is 0 Å². The van der Waals surface area contributed by atoms with Gasteiger partial charge >= 0.3 is 0 Å². The van der Waals surface area contributed by atoms with E-state index in [9.17, 15) is 0 Å². The highest BCUT2D eigenvalue weighted by Gasteiger charge is 2.33. The number of anilines is 12. The van der Waals surface area contributed by atoms with Crippen molar-refractivity contribution < 1.29 is 0 Å². The van der Waals surface area contributed by atoms with Crippen LogP contribution in [0.4, 0.5) is 68.2 Å². The molecule has 0 bridgehead atoms. The van der Waals surface area contributed by atoms with E-state index >= 15 is 0 Å². The summed E-state index contributed by atoms with van der Waals surface area (Å²) in [5, 5.41) is 6.22. The van der Waals surface area contributed by atoms with Crippen LogP contribution >= 0.6 is 0 Å². The maximum atomic E-state index is 5.36. The van der Waals surface area contributed by atoms with Crippen molar-refractivity contribution in [2.45, 2.75) is 55.4 Å². The molecule has 12 heteroatoms. The van der Waals surface area contributed by atoms with Crippen LogP contribution in [0.5, 0.6) is 0 Å². The van der Waals surface area contributed by atoms with Crippen molar-refractivity contribution in [2.24, 2.45) is 0 Å². The average Bonchev–Trinajstić information content (AvgIpc) is 0.699. The minimum Gasteiger partial charge on any atom is -0.308 e. The van der Waals surface area contributed by atoms with E-state index in [4.69, 9.17) is 39.9 Å². The van der Waals surface area contributed by atoms with Crippen LogP contribution in [0.15, 0.2) is 231 Å². The van der Waals surface area contributed by atoms with Crippen molar-refractivity contribution in [3.8, 4) is 0 Å². The molecule has 0 atom stereocenters. The monoisotopic (exact) mass is 1190 g/mol. The van der Waals surface area contributed by atoms with Crippen LogP contribution in [0, 0.1) is 55.4 Å². The molecule has 442 valence electrons. The second-order valence-corrected chi connectivity index (χ2v) is 23.8. The van der Waals surface area contributed by atoms with E-state index in [1.54, 1.807) is 0 Å². The molecule has 0 aliphatic heterocycles. The zero-order chi connectivity index (χ0) is 62.5. The standard InChI is InChI=1S/C80H62N12/c1-47-73-63(33-21-41-81-73)85-51(5)77(47)89(55-25-13-9-14-26-55)67-45-68(90(56-27-15-10-16-28-56)78-48(2)74-64(86-52(78)6)34-22-42-82-74)60-39-40-62-70(92(58-31-19-12-20-32-58)80-50(4)76-66(88-54(80)8)36-24-44-84-76)46-69(61-38-37-59(67)71(60)72(61)62)91(57-29-17-11-18-30-57)79-49(3)75-65(87-53(79)7)35-23-43-83-75/h9-46H,1-8H3. The Bertz CT molecular complexity index is 4910. The fraction of sp³-hybridized carbons (Fsp3) is 0.100. The fourth-order valence-electron chi connectivity index (χ4n) is 14.4. The number of nitrogens with zero attached hydrogens (tertiary/aromatic N) is 12. The molecule has 0 unspecified atom stereocenters. The topological polar surface area (TPSA) is 116 Å². The molecule has 0 N–H and O–H groups in total. The Morgan fingerprint density at radius 3 is 0.674 bits per heavy atom. The minimum absolute atomic E-state index is 0.836. The highest BCUT2D eigenvalue weighted by Crippen LogP contribution is 2.57. The molecule has 0 spiro atoms. The predicted octanol–water partition coefficient (Wildman–Crippen LogP) is 20.7. The van der Waals surface area contributed by atoms with Crippen molar-refractivity contribution in [1.29, 1.82) is 0 Å². The molecule has 0 fully saturated rings. The summed E-state index contributed by atoms with van der Waals surface area (Å²) in [6.45, 7) is 17.2. The smallest absolute Gasteiger partial charge is 0.0936 e. The van der Waals surface area contributed by atoms with Gasteiger partial charge in [0.05, 0.1) is 112 Å². The molecule has 0 amide bonds. The summed E-state index contributed by atoms with van der Waals surface area (Å²) < 4.78 is 0. The first kappa shape index (κ1) is 55.5. The van der Waals surface area contributed by atoms with Gasteiger partial charge in [-0.05, 0) is 165 Å². The molecule has 12 nitrogen and oxygen atoms in total. The Hall–Kier alpha value is -11.8. The Morgan fingerprint density at radius 1 is 0.239 bits per heavy atom. The van der Waals surface area contributed by atoms with Crippen molar-refractivity contribution in [3.05, 3.63) is 276 Å². The van der Waals surface area contributed by atoms with E-state index < -0.39 is 0 Å². The van der Waals surface area contributed by atoms with E-state index in [0.717, 1.165) is 190 Å². The second-order valence-electron chi connectivity index (χ2n) is 23.8. The molecule has 16 aromatic rings. The normalized spacial score (nSPS) is 11.7. The number of fused-ring (bicyclic) bond motifs is 4. The van der Waals surface area contributed by atoms with Gasteiger partial charge in [-0.2, -0.15) is 0 Å². The lowest BCUT2D eigenvalue weighted by Gasteiger charge is -2.36. The number of pyridine rings is 8. The van der Waals surface area contributed by atoms with Crippen LogP contribution in [0.3, 0.4) is 0 Å². The lowest BCUT2D eigenvalue weighted by Crippen LogP contribution is -2.19. The molecule has 0 radical (unpaired) electrons. The molecule has 16 rings (SSSR count). The van der Waals surface area contributed by atoms with E-state index in [-0.39, 0.29) is 0 Å². The molecule has 8 aromatic carbocycles. The quantitative estimate of drug-likeness (QED) is 0.108. The van der Waals surface area contributed by atoms with Crippen molar-refractivity contribution in [1.82, 2.24) is 39.9 Å². The number of benzene rings is 8. The van der Waals surface area contributed by atoms with E-state index in [0.29, 0.717) is 0 Å². The zero-order valence-electron chi connectivity index (χ0n) is 52.3. The van der Waals surface area contributed by atoms with Gasteiger partial charge in [0.1, 0.15) is 0 Å². The van der Waals surface area contributed by atoms with Gasteiger partial charge in [0.2, 0.25) is 0 Å². The van der Waals surface area contributed by atoms with Crippen molar-refractivity contribution >= 4 is 145 Å². The van der Waals surface area contributed by atoms with Gasteiger partial charge in [-0.3, -0.25) is 19.9 Å². The van der Waals surface area contributed by atoms with Gasteiger partial charge in [-0.1, -0.05) is 97.1 Å². The minimum atomic E-state index is 0.836. The summed E-state index contributed by atoms with van der Waals surface area (Å²) in [5.74, 6) is 0. The average molecular weight is 1190 g/mol. The number of aryl methyl sites for hydroxylation is 8. The predicted molar refractivity (Wildman–Crippen MR) is 379 cm³/mol. The fourth-order valence-corrected chi connectivity index (χ4v) is 14.4. The van der Waals surface area contributed by atoms with E-state index in [1.807, 2.05) is 49.1 Å². The van der Waals surface area contributed by atoms with Crippen molar-refractivity contribution in [3.63, 3.8) is 0 Å². The molecule has 92 heavy (non-hydrogen) atoms. The van der Waals surface area contributed by atoms with Crippen molar-refractivity contribution in [2.75, 3.05) is 19.6 Å². The third-order valence-corrected chi connectivity index (χ3v) is 18.2. The number of aromatic nitrogens is 8. The Balaban J connectivity index is 1.14. The molecule has 0 saturated heterocycles. The summed E-state index contributed by atoms with van der Waals surface area (Å²) in [7, 11) is 0. The van der Waals surface area contributed by atoms with Crippen LogP contribution in [-0.2, 0) is 0 Å². The lowest BCUT2D eigenvalue weighted by atomic mass is 9.88. The maximum absolute atomic E-state index is 5.36.